The lowest BCUT2D eigenvalue weighted by atomic mass is 10.1. The third-order valence-electron chi connectivity index (χ3n) is 3.58. The first-order valence-corrected chi connectivity index (χ1v) is 6.99. The number of alkyl halides is 1. The highest BCUT2D eigenvalue weighted by molar-refractivity contribution is 6.17. The van der Waals surface area contributed by atoms with Gasteiger partial charge >= 0.3 is 0 Å². The molecule has 1 aliphatic heterocycles. The molecular formula is C14H20ClFN2. The Hall–Kier alpha value is -0.800. The molecule has 1 fully saturated rings. The van der Waals surface area contributed by atoms with E-state index >= 15 is 0 Å². The van der Waals surface area contributed by atoms with Gasteiger partial charge < -0.3 is 4.90 Å². The minimum Gasteiger partial charge on any atom is -0.366 e. The lowest BCUT2D eigenvalue weighted by Crippen LogP contribution is -2.49. The van der Waals surface area contributed by atoms with Gasteiger partial charge in [0, 0.05) is 38.1 Å². The molecular weight excluding hydrogens is 251 g/mol. The molecule has 1 aliphatic rings. The van der Waals surface area contributed by atoms with E-state index < -0.39 is 0 Å². The fourth-order valence-electron chi connectivity index (χ4n) is 2.48. The van der Waals surface area contributed by atoms with E-state index in [2.05, 4.69) is 23.6 Å². The fourth-order valence-corrected chi connectivity index (χ4v) is 2.70. The average Bonchev–Trinajstić information content (AvgIpc) is 2.38. The zero-order valence-electron chi connectivity index (χ0n) is 11.0. The molecule has 1 heterocycles. The van der Waals surface area contributed by atoms with Crippen molar-refractivity contribution in [2.45, 2.75) is 25.8 Å². The predicted octanol–water partition coefficient (Wildman–Crippen LogP) is 3.09. The summed E-state index contributed by atoms with van der Waals surface area (Å²) < 4.78 is 14.0. The number of nitrogens with zero attached hydrogens (tertiary/aromatic N) is 2. The van der Waals surface area contributed by atoms with Crippen LogP contribution in [0, 0.1) is 5.82 Å². The van der Waals surface area contributed by atoms with Gasteiger partial charge in [-0.3, -0.25) is 4.90 Å². The molecule has 1 saturated heterocycles. The monoisotopic (exact) mass is 270 g/mol. The van der Waals surface area contributed by atoms with Crippen LogP contribution in [0.1, 0.15) is 19.4 Å². The van der Waals surface area contributed by atoms with Crippen molar-refractivity contribution in [3.63, 3.8) is 0 Å². The van der Waals surface area contributed by atoms with Crippen molar-refractivity contribution in [3.05, 3.63) is 29.6 Å². The molecule has 0 radical (unpaired) electrons. The van der Waals surface area contributed by atoms with Gasteiger partial charge in [0.25, 0.3) is 0 Å². The topological polar surface area (TPSA) is 6.48 Å². The summed E-state index contributed by atoms with van der Waals surface area (Å²) in [6, 6.07) is 5.70. The molecule has 1 aromatic carbocycles. The number of hydrogen-bond acceptors (Lipinski definition) is 2. The fraction of sp³-hybridized carbons (Fsp3) is 0.571. The molecule has 1 aromatic rings. The smallest absolute Gasteiger partial charge is 0.146 e. The quantitative estimate of drug-likeness (QED) is 0.779. The van der Waals surface area contributed by atoms with Crippen molar-refractivity contribution < 1.29 is 4.39 Å². The van der Waals surface area contributed by atoms with Gasteiger partial charge in [0.1, 0.15) is 5.82 Å². The van der Waals surface area contributed by atoms with Crippen molar-refractivity contribution in [2.24, 2.45) is 0 Å². The highest BCUT2D eigenvalue weighted by atomic mass is 35.5. The van der Waals surface area contributed by atoms with Crippen LogP contribution >= 0.6 is 11.6 Å². The first kappa shape index (κ1) is 13.6. The maximum Gasteiger partial charge on any atom is 0.146 e. The van der Waals surface area contributed by atoms with Gasteiger partial charge in [-0.25, -0.2) is 4.39 Å². The summed E-state index contributed by atoms with van der Waals surface area (Å²) >= 11 is 5.90. The zero-order chi connectivity index (χ0) is 13.1. The highest BCUT2D eigenvalue weighted by Crippen LogP contribution is 2.27. The van der Waals surface area contributed by atoms with Gasteiger partial charge in [-0.05, 0) is 25.5 Å². The van der Waals surface area contributed by atoms with Crippen LogP contribution in [0.25, 0.3) is 0 Å². The Bertz CT molecular complexity index is 401. The van der Waals surface area contributed by atoms with E-state index in [4.69, 9.17) is 11.6 Å². The molecule has 2 rings (SSSR count). The summed E-state index contributed by atoms with van der Waals surface area (Å²) in [5.74, 6) is 0.198. The van der Waals surface area contributed by atoms with Gasteiger partial charge in [-0.2, -0.15) is 0 Å². The van der Waals surface area contributed by atoms with E-state index in [9.17, 15) is 4.39 Å². The van der Waals surface area contributed by atoms with Gasteiger partial charge in [-0.1, -0.05) is 12.1 Å². The first-order valence-electron chi connectivity index (χ1n) is 6.46. The molecule has 0 atom stereocenters. The molecule has 0 unspecified atom stereocenters. The lowest BCUT2D eigenvalue weighted by molar-refractivity contribution is 0.209. The second-order valence-corrected chi connectivity index (χ2v) is 5.27. The van der Waals surface area contributed by atoms with E-state index in [1.54, 1.807) is 6.07 Å². The maximum absolute atomic E-state index is 14.0. The summed E-state index contributed by atoms with van der Waals surface area (Å²) in [5.41, 5.74) is 1.57. The third kappa shape index (κ3) is 2.78. The highest BCUT2D eigenvalue weighted by Gasteiger charge is 2.22. The SMILES string of the molecule is CC(C)N1CCN(c2c(F)cccc2CCl)CC1. The van der Waals surface area contributed by atoms with Crippen molar-refractivity contribution in [1.29, 1.82) is 0 Å². The Morgan fingerprint density at radius 2 is 1.89 bits per heavy atom. The van der Waals surface area contributed by atoms with Crippen LogP contribution in [0.2, 0.25) is 0 Å². The Morgan fingerprint density at radius 1 is 1.22 bits per heavy atom. The number of piperazine rings is 1. The normalized spacial score (nSPS) is 17.5. The van der Waals surface area contributed by atoms with Crippen molar-refractivity contribution in [3.8, 4) is 0 Å². The summed E-state index contributed by atoms with van der Waals surface area (Å²) in [6.45, 7) is 8.08. The van der Waals surface area contributed by atoms with Gasteiger partial charge in [0.15, 0.2) is 0 Å². The van der Waals surface area contributed by atoms with E-state index in [1.807, 2.05) is 6.07 Å². The lowest BCUT2D eigenvalue weighted by Gasteiger charge is -2.38. The molecule has 0 aromatic heterocycles. The van der Waals surface area contributed by atoms with Gasteiger partial charge in [-0.15, -0.1) is 11.6 Å². The standard InChI is InChI=1S/C14H20ClFN2/c1-11(2)17-6-8-18(9-7-17)14-12(10-15)4-3-5-13(14)16/h3-5,11H,6-10H2,1-2H3. The van der Waals surface area contributed by atoms with Crippen molar-refractivity contribution >= 4 is 17.3 Å². The van der Waals surface area contributed by atoms with E-state index in [-0.39, 0.29) is 5.82 Å². The Kier molecular flexibility index (Phi) is 4.46. The molecule has 0 bridgehead atoms. The Balaban J connectivity index is 2.14. The predicted molar refractivity (Wildman–Crippen MR) is 74.9 cm³/mol. The molecule has 0 N–H and O–H groups in total. The molecule has 18 heavy (non-hydrogen) atoms. The minimum atomic E-state index is -0.161. The number of rotatable bonds is 3. The summed E-state index contributed by atoms with van der Waals surface area (Å²) in [6.07, 6.45) is 0. The number of anilines is 1. The molecule has 0 aliphatic carbocycles. The molecule has 2 nitrogen and oxygen atoms in total. The van der Waals surface area contributed by atoms with E-state index in [0.29, 0.717) is 17.6 Å². The van der Waals surface area contributed by atoms with E-state index in [0.717, 1.165) is 31.7 Å². The first-order chi connectivity index (χ1) is 8.63. The molecule has 4 heteroatoms. The Morgan fingerprint density at radius 3 is 2.44 bits per heavy atom. The van der Waals surface area contributed by atoms with Crippen molar-refractivity contribution in [1.82, 2.24) is 4.90 Å². The third-order valence-corrected chi connectivity index (χ3v) is 3.86. The van der Waals surface area contributed by atoms with Crippen LogP contribution in [0.15, 0.2) is 18.2 Å². The number of para-hydroxylation sites is 1. The zero-order valence-corrected chi connectivity index (χ0v) is 11.8. The summed E-state index contributed by atoms with van der Waals surface area (Å²) in [4.78, 5) is 4.53. The van der Waals surface area contributed by atoms with Crippen LogP contribution in [0.4, 0.5) is 10.1 Å². The molecule has 0 spiro atoms. The summed E-state index contributed by atoms with van der Waals surface area (Å²) in [7, 11) is 0. The molecule has 0 amide bonds. The maximum atomic E-state index is 14.0. The largest absolute Gasteiger partial charge is 0.366 e. The second-order valence-electron chi connectivity index (χ2n) is 5.00. The second kappa shape index (κ2) is 5.89. The molecule has 0 saturated carbocycles. The Labute approximate surface area is 113 Å². The molecule has 100 valence electrons. The van der Waals surface area contributed by atoms with Crippen molar-refractivity contribution in [2.75, 3.05) is 31.1 Å². The number of benzene rings is 1. The summed E-state index contributed by atoms with van der Waals surface area (Å²) in [5, 5.41) is 0. The van der Waals surface area contributed by atoms with E-state index in [1.165, 1.54) is 6.07 Å². The minimum absolute atomic E-state index is 0.161. The average molecular weight is 271 g/mol. The van der Waals surface area contributed by atoms with Crippen LogP contribution < -0.4 is 4.90 Å². The van der Waals surface area contributed by atoms with Crippen LogP contribution in [-0.2, 0) is 5.88 Å². The van der Waals surface area contributed by atoms with Gasteiger partial charge in [0.2, 0.25) is 0 Å². The number of hydrogen-bond donors (Lipinski definition) is 0. The van der Waals surface area contributed by atoms with Gasteiger partial charge in [0.05, 0.1) is 5.69 Å². The van der Waals surface area contributed by atoms with Crippen LogP contribution in [0.5, 0.6) is 0 Å². The van der Waals surface area contributed by atoms with Crippen LogP contribution in [-0.4, -0.2) is 37.1 Å². The van der Waals surface area contributed by atoms with Crippen LogP contribution in [0.3, 0.4) is 0 Å². The number of halogens is 2.